The minimum atomic E-state index is -0.962. The minimum Gasteiger partial charge on any atom is -0.465 e. The summed E-state index contributed by atoms with van der Waals surface area (Å²) in [6.07, 6.45) is -0.151. The van der Waals surface area contributed by atoms with Crippen LogP contribution in [0.25, 0.3) is 0 Å². The second-order valence-corrected chi connectivity index (χ2v) is 5.74. The topological polar surface area (TPSA) is 49.3 Å². The van der Waals surface area contributed by atoms with Crippen LogP contribution in [0.4, 0.5) is 4.79 Å². The minimum absolute atomic E-state index is 0.0201. The van der Waals surface area contributed by atoms with E-state index in [-0.39, 0.29) is 11.5 Å². The maximum Gasteiger partial charge on any atom is 0.405 e. The average molecular weight is 284 g/mol. The molecule has 0 saturated heterocycles. The number of rotatable bonds is 1. The molecular weight excluding hydrogens is 270 g/mol. The molecule has 0 aliphatic heterocycles. The Balaban J connectivity index is 2.42. The molecule has 3 nitrogen and oxygen atoms in total. The number of nitrogens with one attached hydrogen (secondary N) is 1. The summed E-state index contributed by atoms with van der Waals surface area (Å²) in [5.74, 6) is 0. The van der Waals surface area contributed by atoms with Crippen LogP contribution in [0, 0.1) is 0 Å². The van der Waals surface area contributed by atoms with Gasteiger partial charge in [-0.2, -0.15) is 0 Å². The Morgan fingerprint density at radius 3 is 2.88 bits per heavy atom. The first-order valence-electron chi connectivity index (χ1n) is 5.19. The van der Waals surface area contributed by atoms with Crippen molar-refractivity contribution in [2.75, 3.05) is 0 Å². The number of carbonyl (C=O) groups is 1. The average Bonchev–Trinajstić information content (AvgIpc) is 2.37. The smallest absolute Gasteiger partial charge is 0.405 e. The van der Waals surface area contributed by atoms with E-state index in [0.29, 0.717) is 0 Å². The zero-order chi connectivity index (χ0) is 11.9. The van der Waals surface area contributed by atoms with Crippen molar-refractivity contribution in [3.63, 3.8) is 0 Å². The van der Waals surface area contributed by atoms with Crippen LogP contribution in [0.5, 0.6) is 0 Å². The Bertz CT molecular complexity index is 443. The van der Waals surface area contributed by atoms with Crippen molar-refractivity contribution in [3.8, 4) is 0 Å². The Morgan fingerprint density at radius 2 is 2.25 bits per heavy atom. The summed E-state index contributed by atoms with van der Waals surface area (Å²) in [4.78, 5) is 10.7. The van der Waals surface area contributed by atoms with Gasteiger partial charge < -0.3 is 10.4 Å². The molecule has 16 heavy (non-hydrogen) atoms. The number of hydrogen-bond donors (Lipinski definition) is 2. The first-order valence-corrected chi connectivity index (χ1v) is 5.99. The van der Waals surface area contributed by atoms with Crippen molar-refractivity contribution in [1.82, 2.24) is 5.32 Å². The van der Waals surface area contributed by atoms with Crippen LogP contribution in [0.3, 0.4) is 0 Å². The van der Waals surface area contributed by atoms with Gasteiger partial charge in [0, 0.05) is 4.47 Å². The number of hydrogen-bond acceptors (Lipinski definition) is 1. The Labute approximate surface area is 103 Å². The number of halogens is 1. The maximum absolute atomic E-state index is 10.7. The van der Waals surface area contributed by atoms with E-state index in [9.17, 15) is 4.79 Å². The first-order chi connectivity index (χ1) is 7.40. The highest BCUT2D eigenvalue weighted by atomic mass is 79.9. The largest absolute Gasteiger partial charge is 0.465 e. The summed E-state index contributed by atoms with van der Waals surface area (Å²) in [7, 11) is 0. The van der Waals surface area contributed by atoms with Gasteiger partial charge in [-0.05, 0) is 35.1 Å². The summed E-state index contributed by atoms with van der Waals surface area (Å²) in [6.45, 7) is 4.28. The maximum atomic E-state index is 10.7. The van der Waals surface area contributed by atoms with Gasteiger partial charge >= 0.3 is 6.09 Å². The van der Waals surface area contributed by atoms with Crippen molar-refractivity contribution in [2.24, 2.45) is 0 Å². The fourth-order valence-electron chi connectivity index (χ4n) is 2.43. The van der Waals surface area contributed by atoms with E-state index in [2.05, 4.69) is 41.2 Å². The molecule has 1 aliphatic rings. The van der Waals surface area contributed by atoms with Gasteiger partial charge in [0.15, 0.2) is 0 Å². The quantitative estimate of drug-likeness (QED) is 0.830. The van der Waals surface area contributed by atoms with Gasteiger partial charge in [-0.25, -0.2) is 4.79 Å². The molecule has 4 heteroatoms. The van der Waals surface area contributed by atoms with Crippen LogP contribution in [0.2, 0.25) is 0 Å². The molecule has 0 heterocycles. The van der Waals surface area contributed by atoms with E-state index in [1.165, 1.54) is 5.56 Å². The second kappa shape index (κ2) is 3.77. The molecule has 0 fully saturated rings. The fraction of sp³-hybridized carbons (Fsp3) is 0.417. The van der Waals surface area contributed by atoms with Crippen LogP contribution in [-0.4, -0.2) is 11.2 Å². The van der Waals surface area contributed by atoms with Gasteiger partial charge in [0.1, 0.15) is 0 Å². The number of benzene rings is 1. The molecule has 1 aromatic rings. The number of amides is 1. The molecule has 0 spiro atoms. The molecule has 2 N–H and O–H groups in total. The van der Waals surface area contributed by atoms with Gasteiger partial charge in [-0.15, -0.1) is 0 Å². The first kappa shape index (κ1) is 11.5. The molecule has 2 rings (SSSR count). The summed E-state index contributed by atoms with van der Waals surface area (Å²) in [5.41, 5.74) is 2.34. The van der Waals surface area contributed by atoms with Crippen molar-refractivity contribution < 1.29 is 9.90 Å². The van der Waals surface area contributed by atoms with Gasteiger partial charge in [0.05, 0.1) is 6.04 Å². The summed E-state index contributed by atoms with van der Waals surface area (Å²) in [6, 6.07) is 5.94. The van der Waals surface area contributed by atoms with Crippen LogP contribution in [0.1, 0.15) is 37.4 Å². The predicted octanol–water partition coefficient (Wildman–Crippen LogP) is 3.44. The third-order valence-electron chi connectivity index (χ3n) is 3.13. The third kappa shape index (κ3) is 1.94. The lowest BCUT2D eigenvalue weighted by Gasteiger charge is -2.19. The zero-order valence-corrected chi connectivity index (χ0v) is 10.8. The van der Waals surface area contributed by atoms with Crippen LogP contribution in [-0.2, 0) is 5.41 Å². The standard InChI is InChI=1S/C12H14BrNO2/c1-12(2)6-10(14-11(15)16)8-4-3-7(13)5-9(8)12/h3-5,10,14H,6H2,1-2H3,(H,15,16). The molecule has 0 aromatic heterocycles. The highest BCUT2D eigenvalue weighted by Crippen LogP contribution is 2.45. The molecule has 0 saturated carbocycles. The van der Waals surface area contributed by atoms with Gasteiger partial charge in [-0.3, -0.25) is 0 Å². The van der Waals surface area contributed by atoms with Crippen LogP contribution < -0.4 is 5.32 Å². The van der Waals surface area contributed by atoms with Gasteiger partial charge in [-0.1, -0.05) is 35.8 Å². The van der Waals surface area contributed by atoms with E-state index in [0.717, 1.165) is 16.5 Å². The van der Waals surface area contributed by atoms with Crippen molar-refractivity contribution in [1.29, 1.82) is 0 Å². The van der Waals surface area contributed by atoms with E-state index in [4.69, 9.17) is 5.11 Å². The molecule has 0 radical (unpaired) electrons. The number of carboxylic acid groups (broad SMARTS) is 1. The SMILES string of the molecule is CC1(C)CC(NC(=O)O)c2ccc(Br)cc21. The molecule has 1 unspecified atom stereocenters. The van der Waals surface area contributed by atoms with Gasteiger partial charge in [0.2, 0.25) is 0 Å². The monoisotopic (exact) mass is 283 g/mol. The van der Waals surface area contributed by atoms with Gasteiger partial charge in [0.25, 0.3) is 0 Å². The molecule has 86 valence electrons. The lowest BCUT2D eigenvalue weighted by atomic mass is 9.86. The molecular formula is C12H14BrNO2. The molecule has 1 aliphatic carbocycles. The van der Waals surface area contributed by atoms with E-state index in [1.54, 1.807) is 0 Å². The van der Waals surface area contributed by atoms with E-state index in [1.807, 2.05) is 12.1 Å². The highest BCUT2D eigenvalue weighted by molar-refractivity contribution is 9.10. The summed E-state index contributed by atoms with van der Waals surface area (Å²) < 4.78 is 1.04. The fourth-order valence-corrected chi connectivity index (χ4v) is 2.79. The number of fused-ring (bicyclic) bond motifs is 1. The Kier molecular flexibility index (Phi) is 2.70. The van der Waals surface area contributed by atoms with Crippen LogP contribution in [0.15, 0.2) is 22.7 Å². The third-order valence-corrected chi connectivity index (χ3v) is 3.63. The van der Waals surface area contributed by atoms with E-state index >= 15 is 0 Å². The summed E-state index contributed by atoms with van der Waals surface area (Å²) in [5, 5.41) is 11.4. The van der Waals surface area contributed by atoms with Crippen molar-refractivity contribution in [3.05, 3.63) is 33.8 Å². The molecule has 0 bridgehead atoms. The Morgan fingerprint density at radius 1 is 1.56 bits per heavy atom. The van der Waals surface area contributed by atoms with Crippen LogP contribution >= 0.6 is 15.9 Å². The predicted molar refractivity (Wildman–Crippen MR) is 65.7 cm³/mol. The van der Waals surface area contributed by atoms with Crippen molar-refractivity contribution in [2.45, 2.75) is 31.7 Å². The lowest BCUT2D eigenvalue weighted by Crippen LogP contribution is -2.26. The highest BCUT2D eigenvalue weighted by Gasteiger charge is 2.37. The summed E-state index contributed by atoms with van der Waals surface area (Å²) >= 11 is 3.45. The van der Waals surface area contributed by atoms with Crippen molar-refractivity contribution >= 4 is 22.0 Å². The second-order valence-electron chi connectivity index (χ2n) is 4.82. The Hall–Kier alpha value is -1.03. The lowest BCUT2D eigenvalue weighted by molar-refractivity contribution is 0.188. The van der Waals surface area contributed by atoms with E-state index < -0.39 is 6.09 Å². The normalized spacial score (nSPS) is 21.6. The molecule has 1 aromatic carbocycles. The molecule has 1 atom stereocenters. The zero-order valence-electron chi connectivity index (χ0n) is 9.25. The molecule has 1 amide bonds.